The number of hydrogen-bond donors (Lipinski definition) is 2. The van der Waals surface area contributed by atoms with Crippen LogP contribution in [0, 0.1) is 5.92 Å². The first-order valence-corrected chi connectivity index (χ1v) is 11.0. The number of ether oxygens (including phenoxy) is 1. The van der Waals surface area contributed by atoms with Crippen molar-refractivity contribution in [2.75, 3.05) is 17.2 Å². The molecule has 2 N–H and O–H groups in total. The number of hydrogen-bond acceptors (Lipinski definition) is 4. The van der Waals surface area contributed by atoms with Gasteiger partial charge < -0.3 is 19.8 Å². The Morgan fingerprint density at radius 2 is 1.74 bits per heavy atom. The third-order valence-corrected chi connectivity index (χ3v) is 5.69. The normalized spacial score (nSPS) is 14.4. The third kappa shape index (κ3) is 5.08. The Morgan fingerprint density at radius 1 is 1.00 bits per heavy atom. The van der Waals surface area contributed by atoms with Gasteiger partial charge in [-0.1, -0.05) is 31.4 Å². The summed E-state index contributed by atoms with van der Waals surface area (Å²) in [6.07, 6.45) is 6.26. The molecule has 1 aliphatic carbocycles. The van der Waals surface area contributed by atoms with Gasteiger partial charge >= 0.3 is 0 Å². The predicted molar refractivity (Wildman–Crippen MR) is 122 cm³/mol. The SMILES string of the molecule is CCOc1ccc(NC(=O)c2oc3ccccc3c2NC(=O)CC2CCCCC2)cc1. The second-order valence-electron chi connectivity index (χ2n) is 7.97. The minimum Gasteiger partial charge on any atom is -0.494 e. The molecule has 6 nitrogen and oxygen atoms in total. The Morgan fingerprint density at radius 3 is 2.48 bits per heavy atom. The molecule has 4 rings (SSSR count). The Labute approximate surface area is 182 Å². The summed E-state index contributed by atoms with van der Waals surface area (Å²) < 4.78 is 11.3. The number of carbonyl (C=O) groups is 2. The van der Waals surface area contributed by atoms with Crippen molar-refractivity contribution in [1.82, 2.24) is 0 Å². The molecule has 1 saturated carbocycles. The van der Waals surface area contributed by atoms with Gasteiger partial charge in [-0.2, -0.15) is 0 Å². The summed E-state index contributed by atoms with van der Waals surface area (Å²) in [6, 6.07) is 14.5. The van der Waals surface area contributed by atoms with Gasteiger partial charge in [0.1, 0.15) is 17.0 Å². The van der Waals surface area contributed by atoms with Crippen LogP contribution in [0.1, 0.15) is 56.0 Å². The van der Waals surface area contributed by atoms with Crippen LogP contribution < -0.4 is 15.4 Å². The lowest BCUT2D eigenvalue weighted by Crippen LogP contribution is -2.20. The van der Waals surface area contributed by atoms with Crippen molar-refractivity contribution < 1.29 is 18.7 Å². The average Bonchev–Trinajstić information content (AvgIpc) is 3.14. The van der Waals surface area contributed by atoms with Gasteiger partial charge in [0.25, 0.3) is 5.91 Å². The third-order valence-electron chi connectivity index (χ3n) is 5.69. The summed E-state index contributed by atoms with van der Waals surface area (Å²) >= 11 is 0. The molecule has 0 bridgehead atoms. The maximum atomic E-state index is 13.0. The van der Waals surface area contributed by atoms with Gasteiger partial charge in [0.15, 0.2) is 0 Å². The van der Waals surface area contributed by atoms with Crippen LogP contribution in [0.25, 0.3) is 11.0 Å². The van der Waals surface area contributed by atoms with E-state index in [1.807, 2.05) is 25.1 Å². The lowest BCUT2D eigenvalue weighted by Gasteiger charge is -2.20. The van der Waals surface area contributed by atoms with Gasteiger partial charge in [0, 0.05) is 17.5 Å². The van der Waals surface area contributed by atoms with Gasteiger partial charge in [-0.15, -0.1) is 0 Å². The summed E-state index contributed by atoms with van der Waals surface area (Å²) in [5, 5.41) is 6.52. The van der Waals surface area contributed by atoms with Gasteiger partial charge in [-0.05, 0) is 62.1 Å². The fraction of sp³-hybridized carbons (Fsp3) is 0.360. The summed E-state index contributed by atoms with van der Waals surface area (Å²) in [6.45, 7) is 2.50. The molecule has 6 heteroatoms. The Kier molecular flexibility index (Phi) is 6.55. The van der Waals surface area contributed by atoms with Crippen molar-refractivity contribution in [3.05, 3.63) is 54.3 Å². The smallest absolute Gasteiger partial charge is 0.293 e. The van der Waals surface area contributed by atoms with Crippen LogP contribution in [-0.4, -0.2) is 18.4 Å². The van der Waals surface area contributed by atoms with Crippen LogP contribution in [0.4, 0.5) is 11.4 Å². The van der Waals surface area contributed by atoms with Crippen molar-refractivity contribution in [3.8, 4) is 5.75 Å². The lowest BCUT2D eigenvalue weighted by molar-refractivity contribution is -0.117. The molecule has 1 fully saturated rings. The number of carbonyl (C=O) groups excluding carboxylic acids is 2. The van der Waals surface area contributed by atoms with E-state index in [-0.39, 0.29) is 11.7 Å². The molecule has 0 saturated heterocycles. The molecule has 162 valence electrons. The molecular weight excluding hydrogens is 392 g/mol. The summed E-state index contributed by atoms with van der Waals surface area (Å²) in [5.74, 6) is 0.766. The molecule has 0 atom stereocenters. The standard InChI is InChI=1S/C25H28N2O4/c1-2-30-19-14-12-18(13-15-19)26-25(29)24-23(20-10-6-7-11-21(20)31-24)27-22(28)16-17-8-4-3-5-9-17/h6-7,10-15,17H,2-5,8-9,16H2,1H3,(H,26,29)(H,27,28). The predicted octanol–water partition coefficient (Wildman–Crippen LogP) is 5.99. The monoisotopic (exact) mass is 420 g/mol. The van der Waals surface area contributed by atoms with Crippen molar-refractivity contribution in [1.29, 1.82) is 0 Å². The lowest BCUT2D eigenvalue weighted by atomic mass is 9.87. The van der Waals surface area contributed by atoms with Crippen LogP contribution in [0.5, 0.6) is 5.75 Å². The summed E-state index contributed by atoms with van der Waals surface area (Å²) in [5.41, 5.74) is 1.61. The van der Waals surface area contributed by atoms with E-state index in [1.54, 1.807) is 30.3 Å². The minimum absolute atomic E-state index is 0.0754. The molecule has 3 aromatic rings. The molecule has 1 aliphatic rings. The Balaban J connectivity index is 1.53. The summed E-state index contributed by atoms with van der Waals surface area (Å²) in [7, 11) is 0. The molecule has 1 aromatic heterocycles. The number of anilines is 2. The number of fused-ring (bicyclic) bond motifs is 1. The first-order valence-electron chi connectivity index (χ1n) is 11.0. The van der Waals surface area contributed by atoms with E-state index in [9.17, 15) is 9.59 Å². The molecule has 1 heterocycles. The van der Waals surface area contributed by atoms with Crippen LogP contribution in [0.3, 0.4) is 0 Å². The van der Waals surface area contributed by atoms with E-state index in [0.717, 1.165) is 24.0 Å². The fourth-order valence-electron chi connectivity index (χ4n) is 4.16. The number of para-hydroxylation sites is 1. The number of amides is 2. The van der Waals surface area contributed by atoms with E-state index in [1.165, 1.54) is 19.3 Å². The maximum absolute atomic E-state index is 13.0. The van der Waals surface area contributed by atoms with Crippen LogP contribution >= 0.6 is 0 Å². The molecule has 0 spiro atoms. The van der Waals surface area contributed by atoms with Crippen LogP contribution in [0.15, 0.2) is 52.9 Å². The second kappa shape index (κ2) is 9.69. The first-order chi connectivity index (χ1) is 15.1. The highest BCUT2D eigenvalue weighted by Crippen LogP contribution is 2.33. The topological polar surface area (TPSA) is 80.6 Å². The Hall–Kier alpha value is -3.28. The molecule has 0 radical (unpaired) electrons. The van der Waals surface area contributed by atoms with Gasteiger partial charge in [0.2, 0.25) is 11.7 Å². The zero-order chi connectivity index (χ0) is 21.6. The molecule has 0 unspecified atom stereocenters. The van der Waals surface area contributed by atoms with E-state index in [2.05, 4.69) is 10.6 Å². The van der Waals surface area contributed by atoms with Gasteiger partial charge in [0.05, 0.1) is 6.61 Å². The van der Waals surface area contributed by atoms with Crippen molar-refractivity contribution >= 4 is 34.2 Å². The first kappa shape index (κ1) is 21.0. The van der Waals surface area contributed by atoms with Crippen molar-refractivity contribution in [2.45, 2.75) is 45.4 Å². The number of nitrogens with one attached hydrogen (secondary N) is 2. The van der Waals surface area contributed by atoms with E-state index in [4.69, 9.17) is 9.15 Å². The number of benzene rings is 2. The van der Waals surface area contributed by atoms with E-state index >= 15 is 0 Å². The van der Waals surface area contributed by atoms with E-state index < -0.39 is 5.91 Å². The largest absolute Gasteiger partial charge is 0.494 e. The van der Waals surface area contributed by atoms with Gasteiger partial charge in [-0.3, -0.25) is 9.59 Å². The van der Waals surface area contributed by atoms with Crippen LogP contribution in [0.2, 0.25) is 0 Å². The highest BCUT2D eigenvalue weighted by molar-refractivity contribution is 6.14. The highest BCUT2D eigenvalue weighted by atomic mass is 16.5. The minimum atomic E-state index is -0.409. The number of furan rings is 1. The highest BCUT2D eigenvalue weighted by Gasteiger charge is 2.24. The summed E-state index contributed by atoms with van der Waals surface area (Å²) in [4.78, 5) is 25.8. The zero-order valence-electron chi connectivity index (χ0n) is 17.8. The van der Waals surface area contributed by atoms with Gasteiger partial charge in [-0.25, -0.2) is 0 Å². The second-order valence-corrected chi connectivity index (χ2v) is 7.97. The molecular formula is C25H28N2O4. The molecule has 31 heavy (non-hydrogen) atoms. The Bertz CT molecular complexity index is 1050. The maximum Gasteiger partial charge on any atom is 0.293 e. The van der Waals surface area contributed by atoms with Crippen molar-refractivity contribution in [2.24, 2.45) is 5.92 Å². The van der Waals surface area contributed by atoms with Crippen molar-refractivity contribution in [3.63, 3.8) is 0 Å². The molecule has 0 aliphatic heterocycles. The average molecular weight is 421 g/mol. The van der Waals surface area contributed by atoms with Crippen LogP contribution in [-0.2, 0) is 4.79 Å². The van der Waals surface area contributed by atoms with E-state index in [0.29, 0.717) is 35.9 Å². The zero-order valence-corrected chi connectivity index (χ0v) is 17.8. The number of rotatable bonds is 7. The fourth-order valence-corrected chi connectivity index (χ4v) is 4.16. The molecule has 2 aromatic carbocycles. The quantitative estimate of drug-likeness (QED) is 0.492. The molecule has 2 amide bonds.